The van der Waals surface area contributed by atoms with Gasteiger partial charge in [0, 0.05) is 11.1 Å². The van der Waals surface area contributed by atoms with Crippen LogP contribution < -0.4 is 20.3 Å². The minimum atomic E-state index is -1.31. The molecule has 6 rings (SSSR count). The van der Waals surface area contributed by atoms with Gasteiger partial charge in [-0.15, -0.1) is 0 Å². The van der Waals surface area contributed by atoms with Crippen LogP contribution in [0.3, 0.4) is 0 Å². The molecule has 0 saturated heterocycles. The monoisotopic (exact) mass is 852 g/mol. The third-order valence-corrected chi connectivity index (χ3v) is 10.3. The highest BCUT2D eigenvalue weighted by atomic mass is 16.6. The highest BCUT2D eigenvalue weighted by Gasteiger charge is 2.24. The fourth-order valence-electron chi connectivity index (χ4n) is 6.68. The van der Waals surface area contributed by atoms with Gasteiger partial charge in [-0.3, -0.25) is 15.1 Å². The fraction of sp³-hybridized carbons (Fsp3) is 0.163. The standard InChI is InChI=1S/C49H44N2O12/c1-28-23-37(17-21-42(28)50-44(52)41-26-31(48(58)60-6)8-20-40(41)46(55)56)62-35-13-9-33(10-14-35)49(3,4)34-11-15-36(16-12-34)63-38-18-22-43(29(2)24-38)51-61-27-32-25-30(47(57)59-5)7-19-39(32)45(53)54/h7-26,51H,27H2,1-6H3,(H,50,52)(H,53,54)(H,55,56). The van der Waals surface area contributed by atoms with E-state index in [4.69, 9.17) is 23.8 Å². The Hall–Kier alpha value is -7.97. The van der Waals surface area contributed by atoms with E-state index in [0.717, 1.165) is 16.7 Å². The maximum Gasteiger partial charge on any atom is 0.337 e. The Bertz CT molecular complexity index is 2710. The van der Waals surface area contributed by atoms with E-state index < -0.39 is 29.8 Å². The van der Waals surface area contributed by atoms with E-state index in [1.807, 2.05) is 61.5 Å². The molecule has 14 heteroatoms. The Morgan fingerprint density at radius 1 is 0.540 bits per heavy atom. The molecule has 0 aliphatic heterocycles. The van der Waals surface area contributed by atoms with Gasteiger partial charge in [0.2, 0.25) is 0 Å². The average Bonchev–Trinajstić information content (AvgIpc) is 3.27. The van der Waals surface area contributed by atoms with Crippen LogP contribution in [0, 0.1) is 13.8 Å². The number of ether oxygens (including phenoxy) is 4. The van der Waals surface area contributed by atoms with Crippen molar-refractivity contribution in [3.63, 3.8) is 0 Å². The van der Waals surface area contributed by atoms with Gasteiger partial charge in [0.1, 0.15) is 29.6 Å². The molecule has 0 saturated carbocycles. The van der Waals surface area contributed by atoms with Crippen LogP contribution in [-0.4, -0.2) is 54.2 Å². The molecule has 6 aromatic rings. The van der Waals surface area contributed by atoms with Crippen LogP contribution in [0.15, 0.2) is 121 Å². The van der Waals surface area contributed by atoms with E-state index in [1.54, 1.807) is 37.3 Å². The average molecular weight is 853 g/mol. The van der Waals surface area contributed by atoms with E-state index in [-0.39, 0.29) is 39.8 Å². The topological polar surface area (TPSA) is 196 Å². The summed E-state index contributed by atoms with van der Waals surface area (Å²) in [5.41, 5.74) is 7.28. The summed E-state index contributed by atoms with van der Waals surface area (Å²) in [5.74, 6) is -2.07. The molecule has 4 N–H and O–H groups in total. The summed E-state index contributed by atoms with van der Waals surface area (Å²) in [7, 11) is 2.44. The molecular formula is C49H44N2O12. The maximum absolute atomic E-state index is 13.2. The van der Waals surface area contributed by atoms with Crippen molar-refractivity contribution in [1.29, 1.82) is 0 Å². The summed E-state index contributed by atoms with van der Waals surface area (Å²) in [5, 5.41) is 21.9. The highest BCUT2D eigenvalue weighted by Crippen LogP contribution is 2.36. The number of methoxy groups -OCH3 is 2. The molecule has 6 aromatic carbocycles. The number of aromatic carboxylic acids is 2. The number of hydrogen-bond donors (Lipinski definition) is 4. The quantitative estimate of drug-likeness (QED) is 0.0531. The van der Waals surface area contributed by atoms with Crippen LogP contribution >= 0.6 is 0 Å². The molecule has 0 heterocycles. The lowest BCUT2D eigenvalue weighted by atomic mass is 9.78. The summed E-state index contributed by atoms with van der Waals surface area (Å²) in [6, 6.07) is 33.9. The summed E-state index contributed by atoms with van der Waals surface area (Å²) in [6.45, 7) is 7.77. The lowest BCUT2D eigenvalue weighted by Gasteiger charge is -2.26. The van der Waals surface area contributed by atoms with Crippen LogP contribution in [0.4, 0.5) is 11.4 Å². The predicted octanol–water partition coefficient (Wildman–Crippen LogP) is 9.98. The van der Waals surface area contributed by atoms with Gasteiger partial charge in [0.25, 0.3) is 5.91 Å². The first kappa shape index (κ1) is 44.6. The molecule has 0 spiro atoms. The van der Waals surface area contributed by atoms with Gasteiger partial charge < -0.3 is 34.5 Å². The Morgan fingerprint density at radius 3 is 1.48 bits per heavy atom. The number of carbonyl (C=O) groups is 5. The lowest BCUT2D eigenvalue weighted by molar-refractivity contribution is 0.0591. The number of nitrogens with one attached hydrogen (secondary N) is 2. The van der Waals surface area contributed by atoms with Crippen LogP contribution in [0.25, 0.3) is 0 Å². The van der Waals surface area contributed by atoms with E-state index in [2.05, 4.69) is 24.6 Å². The Kier molecular flexibility index (Phi) is 13.6. The molecular weight excluding hydrogens is 809 g/mol. The Labute approximate surface area is 362 Å². The molecule has 63 heavy (non-hydrogen) atoms. The molecule has 0 aliphatic carbocycles. The number of amides is 1. The molecule has 0 radical (unpaired) electrons. The molecule has 1 amide bonds. The lowest BCUT2D eigenvalue weighted by Crippen LogP contribution is -2.18. The number of anilines is 2. The van der Waals surface area contributed by atoms with Crippen molar-refractivity contribution in [2.45, 2.75) is 39.7 Å². The van der Waals surface area contributed by atoms with Gasteiger partial charge in [-0.05, 0) is 139 Å². The highest BCUT2D eigenvalue weighted by molar-refractivity contribution is 6.12. The van der Waals surface area contributed by atoms with Crippen LogP contribution in [0.2, 0.25) is 0 Å². The number of carboxylic acid groups (broad SMARTS) is 2. The normalized spacial score (nSPS) is 11.0. The van der Waals surface area contributed by atoms with Crippen LogP contribution in [-0.2, 0) is 26.3 Å². The number of aryl methyl sites for hydroxylation is 2. The van der Waals surface area contributed by atoms with Crippen LogP contribution in [0.1, 0.15) is 93.5 Å². The first-order valence-corrected chi connectivity index (χ1v) is 19.5. The summed E-state index contributed by atoms with van der Waals surface area (Å²) >= 11 is 0. The molecule has 14 nitrogen and oxygen atoms in total. The third-order valence-electron chi connectivity index (χ3n) is 10.3. The third kappa shape index (κ3) is 10.5. The van der Waals surface area contributed by atoms with Gasteiger partial charge in [0.05, 0.1) is 47.7 Å². The predicted molar refractivity (Wildman–Crippen MR) is 233 cm³/mol. The molecule has 0 bridgehead atoms. The fourth-order valence-corrected chi connectivity index (χ4v) is 6.68. The molecule has 322 valence electrons. The Balaban J connectivity index is 1.04. The van der Waals surface area contributed by atoms with Crippen molar-refractivity contribution in [2.75, 3.05) is 25.0 Å². The van der Waals surface area contributed by atoms with Crippen molar-refractivity contribution in [3.05, 3.63) is 177 Å². The number of carbonyl (C=O) groups excluding carboxylic acids is 3. The molecule has 0 aromatic heterocycles. The van der Waals surface area contributed by atoms with E-state index in [9.17, 15) is 34.2 Å². The minimum Gasteiger partial charge on any atom is -0.478 e. The largest absolute Gasteiger partial charge is 0.478 e. The zero-order valence-electron chi connectivity index (χ0n) is 35.2. The van der Waals surface area contributed by atoms with E-state index >= 15 is 0 Å². The first-order valence-electron chi connectivity index (χ1n) is 19.5. The van der Waals surface area contributed by atoms with Crippen LogP contribution in [0.5, 0.6) is 23.0 Å². The second kappa shape index (κ2) is 19.2. The number of benzene rings is 6. The second-order valence-electron chi connectivity index (χ2n) is 14.9. The number of carboxylic acids is 2. The number of rotatable bonds is 16. The van der Waals surface area contributed by atoms with Crippen molar-refractivity contribution in [2.24, 2.45) is 0 Å². The van der Waals surface area contributed by atoms with Crippen molar-refractivity contribution < 1.29 is 58.0 Å². The van der Waals surface area contributed by atoms with Gasteiger partial charge in [-0.25, -0.2) is 19.2 Å². The van der Waals surface area contributed by atoms with Crippen molar-refractivity contribution in [1.82, 2.24) is 0 Å². The maximum atomic E-state index is 13.2. The molecule has 0 fully saturated rings. The molecule has 0 unspecified atom stereocenters. The van der Waals surface area contributed by atoms with Gasteiger partial charge in [-0.2, -0.15) is 0 Å². The van der Waals surface area contributed by atoms with Gasteiger partial charge in [-0.1, -0.05) is 38.1 Å². The molecule has 0 aliphatic rings. The van der Waals surface area contributed by atoms with Gasteiger partial charge >= 0.3 is 23.9 Å². The van der Waals surface area contributed by atoms with E-state index in [0.29, 0.717) is 45.5 Å². The second-order valence-corrected chi connectivity index (χ2v) is 14.9. The van der Waals surface area contributed by atoms with Crippen molar-refractivity contribution >= 4 is 41.2 Å². The summed E-state index contributed by atoms with van der Waals surface area (Å²) in [4.78, 5) is 66.3. The number of esters is 2. The Morgan fingerprint density at radius 2 is 1.00 bits per heavy atom. The van der Waals surface area contributed by atoms with Gasteiger partial charge in [0.15, 0.2) is 0 Å². The zero-order chi connectivity index (χ0) is 45.4. The van der Waals surface area contributed by atoms with E-state index in [1.165, 1.54) is 50.6 Å². The molecule has 0 atom stereocenters. The summed E-state index contributed by atoms with van der Waals surface area (Å²) in [6.07, 6.45) is 0. The minimum absolute atomic E-state index is 0.00992. The van der Waals surface area contributed by atoms with Crippen molar-refractivity contribution in [3.8, 4) is 23.0 Å². The SMILES string of the molecule is COC(=O)c1ccc(C(=O)O)c(CONc2ccc(Oc3ccc(C(C)(C)c4ccc(Oc5ccc(NC(=O)c6cc(C(=O)OC)ccc6C(=O)O)c(C)c5)cc4)cc3)cc2C)c1. The zero-order valence-corrected chi connectivity index (χ0v) is 35.2. The first-order chi connectivity index (χ1) is 30.1. The number of hydrogen-bond acceptors (Lipinski definition) is 11. The summed E-state index contributed by atoms with van der Waals surface area (Å²) < 4.78 is 21.7. The smallest absolute Gasteiger partial charge is 0.337 e.